The summed E-state index contributed by atoms with van der Waals surface area (Å²) in [5, 5.41) is 17.7. The van der Waals surface area contributed by atoms with E-state index in [1.54, 1.807) is 22.2 Å². The highest BCUT2D eigenvalue weighted by atomic mass is 79.9. The maximum absolute atomic E-state index is 12.7. The number of fused-ring (bicyclic) bond motifs is 1. The lowest BCUT2D eigenvalue weighted by Gasteiger charge is -2.33. The number of amides is 1. The number of nitrogens with one attached hydrogen (secondary N) is 1. The number of hydrogen-bond donors (Lipinski definition) is 1. The summed E-state index contributed by atoms with van der Waals surface area (Å²) in [6.45, 7) is 10.5. The first-order chi connectivity index (χ1) is 12.6. The molecule has 0 bridgehead atoms. The van der Waals surface area contributed by atoms with Crippen LogP contribution in [0.15, 0.2) is 10.7 Å². The summed E-state index contributed by atoms with van der Waals surface area (Å²) in [5.74, 6) is 0.439. The summed E-state index contributed by atoms with van der Waals surface area (Å²) in [4.78, 5) is 14.0. The van der Waals surface area contributed by atoms with Crippen LogP contribution < -0.4 is 5.32 Å². The van der Waals surface area contributed by atoms with Crippen molar-refractivity contribution in [3.63, 3.8) is 0 Å². The molecule has 0 unspecified atom stereocenters. The molecule has 1 aliphatic rings. The van der Waals surface area contributed by atoms with Gasteiger partial charge in [0, 0.05) is 11.1 Å². The van der Waals surface area contributed by atoms with Crippen LogP contribution in [-0.2, 0) is 17.6 Å². The summed E-state index contributed by atoms with van der Waals surface area (Å²) in [5.41, 5.74) is 2.86. The zero-order valence-electron chi connectivity index (χ0n) is 16.4. The van der Waals surface area contributed by atoms with Gasteiger partial charge in [-0.2, -0.15) is 10.4 Å². The lowest BCUT2D eigenvalue weighted by molar-refractivity contribution is -0.119. The van der Waals surface area contributed by atoms with Crippen molar-refractivity contribution in [3.05, 3.63) is 32.4 Å². The molecule has 0 radical (unpaired) electrons. The van der Waals surface area contributed by atoms with Crippen molar-refractivity contribution in [2.45, 2.75) is 59.9 Å². The van der Waals surface area contributed by atoms with Gasteiger partial charge in [-0.25, -0.2) is 0 Å². The van der Waals surface area contributed by atoms with Crippen molar-refractivity contribution < 1.29 is 4.79 Å². The van der Waals surface area contributed by atoms with Gasteiger partial charge in [0.2, 0.25) is 5.91 Å². The van der Waals surface area contributed by atoms with Crippen molar-refractivity contribution in [3.8, 4) is 6.07 Å². The van der Waals surface area contributed by atoms with E-state index < -0.39 is 6.04 Å². The Labute approximate surface area is 172 Å². The summed E-state index contributed by atoms with van der Waals surface area (Å²) >= 11 is 4.99. The van der Waals surface area contributed by atoms with Crippen LogP contribution in [0.3, 0.4) is 0 Å². The number of rotatable bonds is 3. The number of halogens is 1. The third-order valence-corrected chi connectivity index (χ3v) is 7.42. The van der Waals surface area contributed by atoms with E-state index in [0.717, 1.165) is 35.0 Å². The van der Waals surface area contributed by atoms with E-state index in [1.165, 1.54) is 4.88 Å². The zero-order valence-corrected chi connectivity index (χ0v) is 18.8. The number of nitriles is 1. The Hall–Kier alpha value is -1.65. The second-order valence-corrected chi connectivity index (χ2v) is 10.3. The average molecular weight is 449 g/mol. The predicted octanol–water partition coefficient (Wildman–Crippen LogP) is 5.24. The van der Waals surface area contributed by atoms with Crippen LogP contribution in [0.2, 0.25) is 0 Å². The van der Waals surface area contributed by atoms with Crippen LogP contribution in [0.4, 0.5) is 5.00 Å². The Morgan fingerprint density at radius 2 is 2.22 bits per heavy atom. The minimum atomic E-state index is -0.456. The molecule has 0 saturated carbocycles. The first kappa shape index (κ1) is 20.1. The van der Waals surface area contributed by atoms with Crippen molar-refractivity contribution in [1.29, 1.82) is 5.26 Å². The fourth-order valence-electron chi connectivity index (χ4n) is 3.53. The quantitative estimate of drug-likeness (QED) is 0.697. The maximum atomic E-state index is 12.7. The topological polar surface area (TPSA) is 70.7 Å². The lowest BCUT2D eigenvalue weighted by atomic mass is 9.72. The third kappa shape index (κ3) is 3.97. The molecule has 2 heterocycles. The second kappa shape index (κ2) is 7.40. The van der Waals surface area contributed by atoms with Crippen LogP contribution in [0.25, 0.3) is 0 Å². The largest absolute Gasteiger partial charge is 0.315 e. The van der Waals surface area contributed by atoms with Crippen LogP contribution in [0.1, 0.15) is 61.9 Å². The van der Waals surface area contributed by atoms with E-state index in [-0.39, 0.29) is 11.3 Å². The zero-order chi connectivity index (χ0) is 19.9. The molecule has 1 amide bonds. The molecule has 2 atom stereocenters. The molecule has 7 heteroatoms. The number of aryl methyl sites for hydroxylation is 1. The predicted molar refractivity (Wildman–Crippen MR) is 112 cm³/mol. The van der Waals surface area contributed by atoms with Gasteiger partial charge >= 0.3 is 0 Å². The normalized spacial score (nSPS) is 17.9. The number of hydrogen-bond acceptors (Lipinski definition) is 4. The molecule has 1 N–H and O–H groups in total. The number of nitrogens with zero attached hydrogens (tertiary/aromatic N) is 3. The first-order valence-corrected chi connectivity index (χ1v) is 10.8. The SMILES string of the molecule is Cc1nn([C@H](C)C(=O)Nc2sc3c(c2C#N)CC[C@H](C(C)(C)C)C3)cc1Br. The number of carbonyl (C=O) groups excluding carboxylic acids is 1. The van der Waals surface area contributed by atoms with E-state index in [2.05, 4.69) is 53.2 Å². The van der Waals surface area contributed by atoms with Crippen LogP contribution >= 0.6 is 27.3 Å². The summed E-state index contributed by atoms with van der Waals surface area (Å²) < 4.78 is 2.52. The van der Waals surface area contributed by atoms with Gasteiger partial charge < -0.3 is 5.32 Å². The van der Waals surface area contributed by atoms with E-state index in [9.17, 15) is 10.1 Å². The van der Waals surface area contributed by atoms with E-state index in [4.69, 9.17) is 0 Å². The van der Waals surface area contributed by atoms with Crippen molar-refractivity contribution >= 4 is 38.2 Å². The molecule has 0 aliphatic heterocycles. The number of anilines is 1. The van der Waals surface area contributed by atoms with Crippen LogP contribution in [0, 0.1) is 29.6 Å². The first-order valence-electron chi connectivity index (χ1n) is 9.18. The number of aromatic nitrogens is 2. The average Bonchev–Trinajstić information content (AvgIpc) is 3.11. The maximum Gasteiger partial charge on any atom is 0.249 e. The van der Waals surface area contributed by atoms with Gasteiger partial charge in [0.25, 0.3) is 0 Å². The molecular weight excluding hydrogens is 424 g/mol. The molecule has 2 aromatic rings. The molecule has 27 heavy (non-hydrogen) atoms. The standard InChI is InChI=1S/C20H25BrN4OS/c1-11-16(21)10-25(24-11)12(2)18(26)23-19-15(9-22)14-7-6-13(20(3,4)5)8-17(14)27-19/h10,12-13H,6-8H2,1-5H3,(H,23,26)/t12-,13+/m1/s1. The minimum Gasteiger partial charge on any atom is -0.315 e. The van der Waals surface area contributed by atoms with E-state index in [1.807, 2.05) is 13.8 Å². The molecule has 3 rings (SSSR count). The fraction of sp³-hybridized carbons (Fsp3) is 0.550. The number of carbonyl (C=O) groups is 1. The van der Waals surface area contributed by atoms with Crippen LogP contribution in [0.5, 0.6) is 0 Å². The van der Waals surface area contributed by atoms with Crippen LogP contribution in [-0.4, -0.2) is 15.7 Å². The summed E-state index contributed by atoms with van der Waals surface area (Å²) in [6.07, 6.45) is 4.78. The summed E-state index contributed by atoms with van der Waals surface area (Å²) in [7, 11) is 0. The smallest absolute Gasteiger partial charge is 0.249 e. The monoisotopic (exact) mass is 448 g/mol. The molecule has 1 aliphatic carbocycles. The Bertz CT molecular complexity index is 896. The van der Waals surface area contributed by atoms with Crippen molar-refractivity contribution in [2.24, 2.45) is 11.3 Å². The molecular formula is C20H25BrN4OS. The molecule has 2 aromatic heterocycles. The van der Waals surface area contributed by atoms with Crippen molar-refractivity contribution in [1.82, 2.24) is 9.78 Å². The van der Waals surface area contributed by atoms with Crippen molar-refractivity contribution in [2.75, 3.05) is 5.32 Å². The van der Waals surface area contributed by atoms with E-state index >= 15 is 0 Å². The third-order valence-electron chi connectivity index (χ3n) is 5.47. The molecule has 5 nitrogen and oxygen atoms in total. The van der Waals surface area contributed by atoms with Gasteiger partial charge in [-0.3, -0.25) is 9.48 Å². The molecule has 144 valence electrons. The van der Waals surface area contributed by atoms with Gasteiger partial charge in [0.05, 0.1) is 15.7 Å². The Morgan fingerprint density at radius 3 is 2.78 bits per heavy atom. The summed E-state index contributed by atoms with van der Waals surface area (Å²) in [6, 6.07) is 1.86. The highest BCUT2D eigenvalue weighted by Crippen LogP contribution is 2.44. The Balaban J connectivity index is 1.82. The Morgan fingerprint density at radius 1 is 1.52 bits per heavy atom. The lowest BCUT2D eigenvalue weighted by Crippen LogP contribution is -2.26. The van der Waals surface area contributed by atoms with Gasteiger partial charge in [-0.05, 0) is 65.9 Å². The fourth-order valence-corrected chi connectivity index (χ4v) is 5.10. The minimum absolute atomic E-state index is 0.160. The molecule has 0 aromatic carbocycles. The van der Waals surface area contributed by atoms with Gasteiger partial charge in [0.15, 0.2) is 0 Å². The van der Waals surface area contributed by atoms with Gasteiger partial charge in [-0.15, -0.1) is 11.3 Å². The highest BCUT2D eigenvalue weighted by molar-refractivity contribution is 9.10. The molecule has 0 fully saturated rings. The Kier molecular flexibility index (Phi) is 5.51. The highest BCUT2D eigenvalue weighted by Gasteiger charge is 2.32. The molecule has 0 saturated heterocycles. The number of thiophene rings is 1. The van der Waals surface area contributed by atoms with Gasteiger partial charge in [-0.1, -0.05) is 20.8 Å². The second-order valence-electron chi connectivity index (χ2n) is 8.33. The van der Waals surface area contributed by atoms with E-state index in [0.29, 0.717) is 16.5 Å². The molecule has 0 spiro atoms. The van der Waals surface area contributed by atoms with Gasteiger partial charge in [0.1, 0.15) is 17.1 Å².